The van der Waals surface area contributed by atoms with Crippen LogP contribution >= 0.6 is 0 Å². The molecule has 0 aromatic heterocycles. The number of carbonyl (C=O) groups excluding carboxylic acids is 1. The van der Waals surface area contributed by atoms with Crippen molar-refractivity contribution in [1.29, 1.82) is 0 Å². The highest BCUT2D eigenvalue weighted by Gasteiger charge is 2.55. The molecule has 4 aliphatic rings. The van der Waals surface area contributed by atoms with E-state index >= 15 is 0 Å². The van der Waals surface area contributed by atoms with Gasteiger partial charge in [0.05, 0.1) is 5.60 Å². The Bertz CT molecular complexity index is 584. The van der Waals surface area contributed by atoms with Crippen LogP contribution in [0.2, 0.25) is 0 Å². The third kappa shape index (κ3) is 3.32. The summed E-state index contributed by atoms with van der Waals surface area (Å²) < 4.78 is 0. The Morgan fingerprint density at radius 1 is 1.19 bits per heavy atom. The van der Waals surface area contributed by atoms with Crippen molar-refractivity contribution in [3.8, 4) is 0 Å². The van der Waals surface area contributed by atoms with E-state index in [1.807, 2.05) is 13.8 Å². The topological polar surface area (TPSA) is 37.3 Å². The van der Waals surface area contributed by atoms with E-state index in [0.29, 0.717) is 11.2 Å². The van der Waals surface area contributed by atoms with Crippen molar-refractivity contribution in [2.24, 2.45) is 35.0 Å². The zero-order valence-corrected chi connectivity index (χ0v) is 17.1. The van der Waals surface area contributed by atoms with E-state index in [9.17, 15) is 9.90 Å². The molecule has 1 N–H and O–H groups in total. The Hall–Kier alpha value is -0.630. The molecule has 0 aromatic rings. The highest BCUT2D eigenvalue weighted by Crippen LogP contribution is 2.63. The van der Waals surface area contributed by atoms with E-state index in [0.717, 1.165) is 55.3 Å². The maximum absolute atomic E-state index is 11.9. The number of hydrogen-bond donors (Lipinski definition) is 1. The van der Waals surface area contributed by atoms with Gasteiger partial charge in [0.15, 0.2) is 0 Å². The minimum absolute atomic E-state index is 0.472. The molecule has 0 bridgehead atoms. The summed E-state index contributed by atoms with van der Waals surface area (Å²) in [7, 11) is 0. The summed E-state index contributed by atoms with van der Waals surface area (Å²) >= 11 is 0. The molecule has 0 saturated heterocycles. The first-order valence-electron chi connectivity index (χ1n) is 11.2. The Balaban J connectivity index is 1.45. The second-order valence-electron chi connectivity index (χ2n) is 10.8. The molecule has 146 valence electrons. The second-order valence-corrected chi connectivity index (χ2v) is 10.8. The largest absolute Gasteiger partial charge is 0.390 e. The minimum Gasteiger partial charge on any atom is -0.390 e. The summed E-state index contributed by atoms with van der Waals surface area (Å²) in [6.45, 7) is 6.48. The van der Waals surface area contributed by atoms with Crippen LogP contribution < -0.4 is 0 Å². The predicted octanol–water partition coefficient (Wildman–Crippen LogP) is 5.69. The van der Waals surface area contributed by atoms with Crippen molar-refractivity contribution >= 4 is 5.78 Å². The van der Waals surface area contributed by atoms with E-state index < -0.39 is 5.60 Å². The van der Waals surface area contributed by atoms with Crippen LogP contribution in [0.1, 0.15) is 91.4 Å². The lowest BCUT2D eigenvalue weighted by atomic mass is 9.51. The summed E-state index contributed by atoms with van der Waals surface area (Å²) in [4.78, 5) is 11.9. The monoisotopic (exact) mass is 358 g/mol. The molecule has 4 rings (SSSR count). The molecule has 0 amide bonds. The van der Waals surface area contributed by atoms with Gasteiger partial charge in [-0.3, -0.25) is 4.79 Å². The number of hydrogen-bond acceptors (Lipinski definition) is 2. The number of fused-ring (bicyclic) bond motifs is 5. The highest BCUT2D eigenvalue weighted by molar-refractivity contribution is 5.82. The standard InChI is InChI=1S/C24H38O2/c1-23(2,26)13-4-5-17-7-11-22-21-9-6-16-15-18(25)8-10-19(16)20(21)12-14-24(17,22)3/h6,17,19-22,26H,4-5,7-15H2,1-3H3/t17-,19-,20?,21?,22?,24+/m0/s1. The Morgan fingerprint density at radius 2 is 2.00 bits per heavy atom. The first-order valence-corrected chi connectivity index (χ1v) is 11.2. The van der Waals surface area contributed by atoms with Gasteiger partial charge in [-0.1, -0.05) is 25.0 Å². The molecule has 0 spiro atoms. The van der Waals surface area contributed by atoms with Gasteiger partial charge in [0, 0.05) is 12.8 Å². The predicted molar refractivity (Wildman–Crippen MR) is 106 cm³/mol. The molecule has 3 fully saturated rings. The number of allylic oxidation sites excluding steroid dienone is 2. The quantitative estimate of drug-likeness (QED) is 0.656. The van der Waals surface area contributed by atoms with Gasteiger partial charge in [0.25, 0.3) is 0 Å². The van der Waals surface area contributed by atoms with Gasteiger partial charge in [-0.05, 0) is 100 Å². The molecule has 2 nitrogen and oxygen atoms in total. The molecule has 0 heterocycles. The average molecular weight is 359 g/mol. The average Bonchev–Trinajstić information content (AvgIpc) is 2.90. The normalized spacial score (nSPS) is 42.7. The van der Waals surface area contributed by atoms with Crippen molar-refractivity contribution in [3.05, 3.63) is 11.6 Å². The zero-order chi connectivity index (χ0) is 18.5. The van der Waals surface area contributed by atoms with Gasteiger partial charge >= 0.3 is 0 Å². The number of rotatable bonds is 4. The third-order valence-corrected chi connectivity index (χ3v) is 8.81. The van der Waals surface area contributed by atoms with Crippen LogP contribution in [0.15, 0.2) is 11.6 Å². The fourth-order valence-corrected chi connectivity index (χ4v) is 7.47. The van der Waals surface area contributed by atoms with E-state index in [1.165, 1.54) is 50.5 Å². The van der Waals surface area contributed by atoms with Gasteiger partial charge in [-0.25, -0.2) is 0 Å². The van der Waals surface area contributed by atoms with Crippen LogP contribution in [-0.4, -0.2) is 16.5 Å². The summed E-state index contributed by atoms with van der Waals surface area (Å²) in [5.74, 6) is 4.67. The summed E-state index contributed by atoms with van der Waals surface area (Å²) in [6.07, 6.45) is 15.4. The highest BCUT2D eigenvalue weighted by atomic mass is 16.3. The molecule has 4 aliphatic carbocycles. The zero-order valence-electron chi connectivity index (χ0n) is 17.1. The Labute approximate surface area is 159 Å². The fourth-order valence-electron chi connectivity index (χ4n) is 7.47. The lowest BCUT2D eigenvalue weighted by Crippen LogP contribution is -2.46. The van der Waals surface area contributed by atoms with E-state index in [4.69, 9.17) is 0 Å². The molecule has 0 aromatic carbocycles. The number of ketones is 1. The van der Waals surface area contributed by atoms with Crippen molar-refractivity contribution < 1.29 is 9.90 Å². The number of aliphatic hydroxyl groups is 1. The van der Waals surface area contributed by atoms with Crippen molar-refractivity contribution in [3.63, 3.8) is 0 Å². The van der Waals surface area contributed by atoms with Gasteiger partial charge in [0.2, 0.25) is 0 Å². The Morgan fingerprint density at radius 3 is 2.77 bits per heavy atom. The summed E-state index contributed by atoms with van der Waals surface area (Å²) in [6, 6.07) is 0. The van der Waals surface area contributed by atoms with E-state index in [1.54, 1.807) is 0 Å². The van der Waals surface area contributed by atoms with Crippen LogP contribution in [0.5, 0.6) is 0 Å². The lowest BCUT2D eigenvalue weighted by molar-refractivity contribution is -0.120. The third-order valence-electron chi connectivity index (χ3n) is 8.81. The smallest absolute Gasteiger partial charge is 0.136 e. The minimum atomic E-state index is -0.514. The second kappa shape index (κ2) is 6.76. The van der Waals surface area contributed by atoms with Gasteiger partial charge in [0.1, 0.15) is 5.78 Å². The first kappa shape index (κ1) is 18.7. The molecule has 6 atom stereocenters. The Kier molecular flexibility index (Phi) is 4.87. The van der Waals surface area contributed by atoms with E-state index in [2.05, 4.69) is 13.0 Å². The van der Waals surface area contributed by atoms with Crippen molar-refractivity contribution in [2.45, 2.75) is 97.0 Å². The van der Waals surface area contributed by atoms with Crippen LogP contribution in [0.25, 0.3) is 0 Å². The van der Waals surface area contributed by atoms with Crippen molar-refractivity contribution in [1.82, 2.24) is 0 Å². The SMILES string of the molecule is CC(C)(O)CCC[C@H]1CCC2C3CC=C4CC(=O)CC[C@@H]4C3CC[C@@]21C. The summed E-state index contributed by atoms with van der Waals surface area (Å²) in [5, 5.41) is 10.0. The van der Waals surface area contributed by atoms with Gasteiger partial charge < -0.3 is 5.11 Å². The maximum Gasteiger partial charge on any atom is 0.136 e. The molecule has 3 saturated carbocycles. The molecule has 26 heavy (non-hydrogen) atoms. The van der Waals surface area contributed by atoms with E-state index in [-0.39, 0.29) is 0 Å². The molecule has 3 unspecified atom stereocenters. The first-order chi connectivity index (χ1) is 12.3. The molecule has 0 radical (unpaired) electrons. The summed E-state index contributed by atoms with van der Waals surface area (Å²) in [5.41, 5.74) is 1.52. The maximum atomic E-state index is 11.9. The fraction of sp³-hybridized carbons (Fsp3) is 0.875. The number of Topliss-reactive ketones (excluding diaryl/α,β-unsaturated/α-hetero) is 1. The van der Waals surface area contributed by atoms with Gasteiger partial charge in [-0.2, -0.15) is 0 Å². The molecule has 2 heteroatoms. The van der Waals surface area contributed by atoms with Crippen LogP contribution in [0.4, 0.5) is 0 Å². The van der Waals surface area contributed by atoms with Crippen LogP contribution in [0.3, 0.4) is 0 Å². The van der Waals surface area contributed by atoms with Crippen LogP contribution in [-0.2, 0) is 4.79 Å². The van der Waals surface area contributed by atoms with Crippen LogP contribution in [0, 0.1) is 35.0 Å². The number of carbonyl (C=O) groups is 1. The van der Waals surface area contributed by atoms with Crippen molar-refractivity contribution in [2.75, 3.05) is 0 Å². The molecular weight excluding hydrogens is 320 g/mol. The lowest BCUT2D eigenvalue weighted by Gasteiger charge is -2.53. The molecule has 0 aliphatic heterocycles. The van der Waals surface area contributed by atoms with Gasteiger partial charge in [-0.15, -0.1) is 0 Å². The molecular formula is C24H38O2.